The number of carbonyl (C=O) groups excluding carboxylic acids is 2. The van der Waals surface area contributed by atoms with Gasteiger partial charge in [-0.25, -0.2) is 18.1 Å². The second-order valence-corrected chi connectivity index (χ2v) is 23.3. The van der Waals surface area contributed by atoms with E-state index in [0.717, 1.165) is 75.3 Å². The molecule has 2 aliphatic carbocycles. The molecule has 10 rings (SSSR count). The third-order valence-corrected chi connectivity index (χ3v) is 17.6. The number of hydrogen-bond acceptors (Lipinski definition) is 13. The van der Waals surface area contributed by atoms with E-state index < -0.39 is 37.0 Å². The van der Waals surface area contributed by atoms with Crippen LogP contribution in [0.25, 0.3) is 11.0 Å². The number of anilines is 2. The largest absolute Gasteiger partial charge is 0.497 e. The molecule has 18 heteroatoms. The molecule has 2 saturated heterocycles. The molecule has 2 aromatic heterocycles. The van der Waals surface area contributed by atoms with Gasteiger partial charge in [0.05, 0.1) is 40.3 Å². The molecule has 6 aromatic rings. The van der Waals surface area contributed by atoms with Gasteiger partial charge in [-0.1, -0.05) is 38.1 Å². The van der Waals surface area contributed by atoms with Crippen LogP contribution in [0.4, 0.5) is 17.1 Å². The summed E-state index contributed by atoms with van der Waals surface area (Å²) in [6.07, 6.45) is 10.1. The van der Waals surface area contributed by atoms with E-state index >= 15 is 0 Å². The molecule has 17 nitrogen and oxygen atoms in total. The summed E-state index contributed by atoms with van der Waals surface area (Å²) in [6.45, 7) is 10.2. The molecule has 2 saturated carbocycles. The highest BCUT2D eigenvalue weighted by Crippen LogP contribution is 2.53. The summed E-state index contributed by atoms with van der Waals surface area (Å²) >= 11 is 0. The summed E-state index contributed by atoms with van der Waals surface area (Å²) in [7, 11) is -2.99. The number of ether oxygens (including phenoxy) is 2. The van der Waals surface area contributed by atoms with Crippen LogP contribution >= 0.6 is 0 Å². The fourth-order valence-electron chi connectivity index (χ4n) is 11.8. The zero-order valence-corrected chi connectivity index (χ0v) is 43.8. The molecular formula is C57H66N8O9S. The summed E-state index contributed by atoms with van der Waals surface area (Å²) in [5.74, 6) is 0.744. The van der Waals surface area contributed by atoms with Crippen LogP contribution < -0.4 is 24.4 Å². The SMILES string of the molecule is COc1ccc(C(=O)N2CCN(C3CC4(CCN(c5ccc(C(=O)NS(=O)(=O)c6ccc(NCC7CCC(C)(O)CC7)c([N+](=O)[O-])c6)c(Oc6cnc7[nH]ccc7c6)c5)CC4)C3)C(c3ccccc3C(C)C)C2)cc1. The zero-order valence-electron chi connectivity index (χ0n) is 43.0. The molecular weight excluding hydrogens is 973 g/mol. The van der Waals surface area contributed by atoms with Gasteiger partial charge in [0.1, 0.15) is 28.6 Å². The number of aliphatic hydroxyl groups is 1. The number of nitrogens with one attached hydrogen (secondary N) is 3. The molecule has 75 heavy (non-hydrogen) atoms. The van der Waals surface area contributed by atoms with E-state index in [2.05, 4.69) is 67.9 Å². The van der Waals surface area contributed by atoms with Crippen LogP contribution in [-0.2, 0) is 10.0 Å². The lowest BCUT2D eigenvalue weighted by Gasteiger charge is -2.58. The lowest BCUT2D eigenvalue weighted by molar-refractivity contribution is -0.384. The number of nitro groups is 1. The maximum absolute atomic E-state index is 14.1. The number of fused-ring (bicyclic) bond motifs is 1. The van der Waals surface area contributed by atoms with Crippen molar-refractivity contribution in [2.75, 3.05) is 56.6 Å². The fraction of sp³-hybridized carbons (Fsp3) is 0.421. The summed E-state index contributed by atoms with van der Waals surface area (Å²) < 4.78 is 41.6. The van der Waals surface area contributed by atoms with Crippen LogP contribution in [0, 0.1) is 21.4 Å². The van der Waals surface area contributed by atoms with Crippen molar-refractivity contribution < 1.29 is 37.5 Å². The van der Waals surface area contributed by atoms with Crippen LogP contribution in [0.15, 0.2) is 114 Å². The van der Waals surface area contributed by atoms with Crippen LogP contribution in [0.5, 0.6) is 17.2 Å². The van der Waals surface area contributed by atoms with Gasteiger partial charge in [0.15, 0.2) is 0 Å². The molecule has 394 valence electrons. The Morgan fingerprint density at radius 1 is 0.920 bits per heavy atom. The van der Waals surface area contributed by atoms with Gasteiger partial charge in [0, 0.05) is 80.3 Å². The van der Waals surface area contributed by atoms with Crippen molar-refractivity contribution in [1.29, 1.82) is 0 Å². The van der Waals surface area contributed by atoms with E-state index in [0.29, 0.717) is 67.1 Å². The minimum absolute atomic E-state index is 0.0263. The number of amides is 2. The molecule has 1 unspecified atom stereocenters. The van der Waals surface area contributed by atoms with Crippen LogP contribution in [0.2, 0.25) is 0 Å². The van der Waals surface area contributed by atoms with E-state index in [-0.39, 0.29) is 40.3 Å². The van der Waals surface area contributed by atoms with E-state index in [4.69, 9.17) is 9.47 Å². The minimum atomic E-state index is -4.61. The summed E-state index contributed by atoms with van der Waals surface area (Å²) in [5, 5.41) is 26.5. The molecule has 2 amide bonds. The number of piperazine rings is 1. The topological polar surface area (TPSA) is 213 Å². The smallest absolute Gasteiger partial charge is 0.293 e. The average Bonchev–Trinajstić information content (AvgIpc) is 3.88. The van der Waals surface area contributed by atoms with Crippen LogP contribution in [0.1, 0.15) is 116 Å². The van der Waals surface area contributed by atoms with Crippen molar-refractivity contribution in [3.05, 3.63) is 142 Å². The number of rotatable bonds is 15. The molecule has 2 aliphatic heterocycles. The number of piperidine rings is 1. The van der Waals surface area contributed by atoms with Crippen LogP contribution in [0.3, 0.4) is 0 Å². The first-order chi connectivity index (χ1) is 36.0. The Morgan fingerprint density at radius 2 is 1.67 bits per heavy atom. The number of H-pyrrole nitrogens is 1. The Hall–Kier alpha value is -7.02. The Morgan fingerprint density at radius 3 is 2.39 bits per heavy atom. The first-order valence-electron chi connectivity index (χ1n) is 26.1. The van der Waals surface area contributed by atoms with Gasteiger partial charge in [-0.2, -0.15) is 0 Å². The Kier molecular flexibility index (Phi) is 14.4. The number of benzene rings is 4. The molecule has 4 aromatic carbocycles. The first kappa shape index (κ1) is 51.5. The van der Waals surface area contributed by atoms with Gasteiger partial charge in [0.2, 0.25) is 0 Å². The van der Waals surface area contributed by atoms with E-state index in [1.807, 2.05) is 42.2 Å². The number of pyridine rings is 1. The Balaban J connectivity index is 0.835. The average molecular weight is 1040 g/mol. The summed E-state index contributed by atoms with van der Waals surface area (Å²) in [5.41, 5.74) is 3.80. The fourth-order valence-corrected chi connectivity index (χ4v) is 12.8. The molecule has 1 atom stereocenters. The predicted octanol–water partition coefficient (Wildman–Crippen LogP) is 9.82. The van der Waals surface area contributed by atoms with Gasteiger partial charge < -0.3 is 34.7 Å². The van der Waals surface area contributed by atoms with Crippen molar-refractivity contribution in [3.63, 3.8) is 0 Å². The first-order valence-corrected chi connectivity index (χ1v) is 27.6. The highest BCUT2D eigenvalue weighted by molar-refractivity contribution is 7.90. The number of sulfonamides is 1. The number of aromatic nitrogens is 2. The molecule has 4 fully saturated rings. The monoisotopic (exact) mass is 1040 g/mol. The normalized spacial score (nSPS) is 21.2. The number of aromatic amines is 1. The molecule has 4 aliphatic rings. The number of nitro benzene ring substituents is 1. The quantitative estimate of drug-likeness (QED) is 0.0558. The summed E-state index contributed by atoms with van der Waals surface area (Å²) in [6, 6.07) is 28.7. The third-order valence-electron chi connectivity index (χ3n) is 16.3. The number of methoxy groups -OCH3 is 1. The maximum atomic E-state index is 14.1. The van der Waals surface area contributed by atoms with Gasteiger partial charge in [-0.15, -0.1) is 0 Å². The van der Waals surface area contributed by atoms with Crippen molar-refractivity contribution in [2.24, 2.45) is 11.3 Å². The predicted molar refractivity (Wildman–Crippen MR) is 287 cm³/mol. The van der Waals surface area contributed by atoms with Gasteiger partial charge in [-0.05, 0) is 147 Å². The van der Waals surface area contributed by atoms with E-state index in [1.54, 1.807) is 37.6 Å². The molecule has 4 N–H and O–H groups in total. The molecule has 0 radical (unpaired) electrons. The second-order valence-electron chi connectivity index (χ2n) is 21.6. The van der Waals surface area contributed by atoms with E-state index in [1.165, 1.54) is 29.5 Å². The summed E-state index contributed by atoms with van der Waals surface area (Å²) in [4.78, 5) is 53.6. The van der Waals surface area contributed by atoms with Crippen molar-refractivity contribution >= 4 is 49.9 Å². The number of hydrogen-bond donors (Lipinski definition) is 4. The third kappa shape index (κ3) is 11.1. The maximum Gasteiger partial charge on any atom is 0.293 e. The van der Waals surface area contributed by atoms with Gasteiger partial charge >= 0.3 is 0 Å². The van der Waals surface area contributed by atoms with E-state index in [9.17, 15) is 33.2 Å². The van der Waals surface area contributed by atoms with Crippen molar-refractivity contribution in [2.45, 2.75) is 101 Å². The van der Waals surface area contributed by atoms with Crippen molar-refractivity contribution in [3.8, 4) is 17.2 Å². The Labute approximate surface area is 437 Å². The van der Waals surface area contributed by atoms with Gasteiger partial charge in [-0.3, -0.25) is 24.6 Å². The van der Waals surface area contributed by atoms with Crippen molar-refractivity contribution in [1.82, 2.24) is 24.5 Å². The van der Waals surface area contributed by atoms with Crippen LogP contribution in [-0.4, -0.2) is 108 Å². The molecule has 1 spiro atoms. The minimum Gasteiger partial charge on any atom is -0.497 e. The molecule has 4 heterocycles. The number of carbonyl (C=O) groups is 2. The Bertz CT molecular complexity index is 3190. The second kappa shape index (κ2) is 20.9. The zero-order chi connectivity index (χ0) is 52.6. The standard InChI is InChI=1S/C57H66N8O9S/c1-37(2)46-7-5-6-8-47(46)51-36-63(55(67)39-9-12-43(73-4)13-10-39)27-28-64(51)42-32-57(33-42)22-25-62(26-23-57)41-11-15-48(52(30-41)74-44-29-40-19-24-58-53(40)60-35-44)54(66)61-75(71,72)45-14-16-49(50(31-45)65(69)70)59-34-38-17-20-56(3,68)21-18-38/h5-16,19,24,29-31,35,37-38,42,51,59,68H,17-18,20-23,25-28,32-34,36H2,1-4H3,(H,58,60)(H,61,66). The number of nitrogens with zero attached hydrogens (tertiary/aromatic N) is 5. The van der Waals surface area contributed by atoms with Gasteiger partial charge in [0.25, 0.3) is 27.5 Å². The lowest BCUT2D eigenvalue weighted by atomic mass is 9.59. The lowest BCUT2D eigenvalue weighted by Crippen LogP contribution is -2.60. The molecule has 0 bridgehead atoms. The highest BCUT2D eigenvalue weighted by atomic mass is 32.2. The highest BCUT2D eigenvalue weighted by Gasteiger charge is 2.50.